The number of aliphatic carboxylic acids is 1. The van der Waals surface area contributed by atoms with Crippen LogP contribution in [0.1, 0.15) is 11.6 Å². The predicted molar refractivity (Wildman–Crippen MR) is 86.6 cm³/mol. The topological polar surface area (TPSA) is 128 Å². The number of carbonyl (C=O) groups is 3. The van der Waals surface area contributed by atoms with E-state index in [4.69, 9.17) is 5.11 Å². The first-order valence-electron chi connectivity index (χ1n) is 7.23. The van der Waals surface area contributed by atoms with E-state index < -0.39 is 41.1 Å². The summed E-state index contributed by atoms with van der Waals surface area (Å²) in [5, 5.41) is 23.1. The Hall–Kier alpha value is -2.39. The van der Waals surface area contributed by atoms with Crippen LogP contribution in [0.5, 0.6) is 0 Å². The van der Waals surface area contributed by atoms with Gasteiger partial charge in [-0.3, -0.25) is 14.6 Å². The number of nitrogens with zero attached hydrogens (tertiary/aromatic N) is 1. The van der Waals surface area contributed by atoms with E-state index in [0.29, 0.717) is 5.56 Å². The van der Waals surface area contributed by atoms with Crippen molar-refractivity contribution >= 4 is 35.3 Å². The number of nitrogens with one attached hydrogen (secondary N) is 2. The van der Waals surface area contributed by atoms with Crippen molar-refractivity contribution in [1.29, 1.82) is 0 Å². The molecule has 2 amide bonds. The van der Waals surface area contributed by atoms with Crippen LogP contribution in [0.2, 0.25) is 0 Å². The fraction of sp³-hybridized carbons (Fsp3) is 0.333. The van der Waals surface area contributed by atoms with Gasteiger partial charge in [0.2, 0.25) is 11.8 Å². The molecule has 4 N–H and O–H groups in total. The normalized spacial score (nSPS) is 30.1. The number of carboxylic acid groups (broad SMARTS) is 1. The summed E-state index contributed by atoms with van der Waals surface area (Å²) in [6, 6.07) is 7.03. The van der Waals surface area contributed by atoms with Gasteiger partial charge in [-0.25, -0.2) is 4.79 Å². The number of carbonyl (C=O) groups excluding carboxylic acids is 2. The highest BCUT2D eigenvalue weighted by atomic mass is 32.2. The Morgan fingerprint density at radius 2 is 1.88 bits per heavy atom. The minimum absolute atomic E-state index is 0.0948. The van der Waals surface area contributed by atoms with Crippen LogP contribution in [0, 0.1) is 0 Å². The highest BCUT2D eigenvalue weighted by Gasteiger charge is 2.41. The molecule has 3 rings (SSSR count). The molecular weight excluding hydrogens is 334 g/mol. The molecule has 4 atom stereocenters. The monoisotopic (exact) mass is 349 g/mol. The van der Waals surface area contributed by atoms with E-state index in [9.17, 15) is 19.5 Å². The summed E-state index contributed by atoms with van der Waals surface area (Å²) in [5.74, 6) is -2.06. The molecule has 0 aliphatic carbocycles. The minimum Gasteiger partial charge on any atom is -0.477 e. The summed E-state index contributed by atoms with van der Waals surface area (Å²) in [6.45, 7) is 0. The van der Waals surface area contributed by atoms with Crippen molar-refractivity contribution in [3.63, 3.8) is 0 Å². The second-order valence-electron chi connectivity index (χ2n) is 5.40. The number of thioether (sulfide) groups is 1. The quantitative estimate of drug-likeness (QED) is 0.571. The second kappa shape index (κ2) is 6.62. The maximum Gasteiger partial charge on any atom is 0.352 e. The molecular formula is C15H15N3O5S. The van der Waals surface area contributed by atoms with Gasteiger partial charge in [-0.1, -0.05) is 30.3 Å². The van der Waals surface area contributed by atoms with E-state index in [2.05, 4.69) is 15.6 Å². The Kier molecular flexibility index (Phi) is 4.54. The molecule has 1 aromatic carbocycles. The number of carboxylic acids is 1. The van der Waals surface area contributed by atoms with E-state index in [1.807, 2.05) is 0 Å². The molecule has 1 fully saturated rings. The average molecular weight is 349 g/mol. The van der Waals surface area contributed by atoms with Crippen LogP contribution in [-0.2, 0) is 14.4 Å². The third-order valence-electron chi connectivity index (χ3n) is 3.77. The lowest BCUT2D eigenvalue weighted by Gasteiger charge is -2.34. The maximum atomic E-state index is 12.4. The first kappa shape index (κ1) is 16.5. The van der Waals surface area contributed by atoms with Gasteiger partial charge in [-0.05, 0) is 5.56 Å². The molecule has 24 heavy (non-hydrogen) atoms. The van der Waals surface area contributed by atoms with Crippen LogP contribution in [0.15, 0.2) is 35.3 Å². The molecule has 2 aliphatic heterocycles. The molecule has 2 heterocycles. The van der Waals surface area contributed by atoms with Gasteiger partial charge in [-0.15, -0.1) is 11.8 Å². The van der Waals surface area contributed by atoms with Crippen LogP contribution in [-0.4, -0.2) is 57.0 Å². The summed E-state index contributed by atoms with van der Waals surface area (Å²) in [7, 11) is 0. The van der Waals surface area contributed by atoms with Crippen LogP contribution in [0.3, 0.4) is 0 Å². The molecule has 1 aromatic rings. The lowest BCUT2D eigenvalue weighted by molar-refractivity contribution is -0.136. The Labute approximate surface area is 141 Å². The van der Waals surface area contributed by atoms with Gasteiger partial charge in [0.1, 0.15) is 23.6 Å². The number of aliphatic hydroxyl groups is 1. The first-order valence-corrected chi connectivity index (χ1v) is 8.28. The Balaban J connectivity index is 1.79. The van der Waals surface area contributed by atoms with E-state index in [1.54, 1.807) is 30.3 Å². The number of rotatable bonds is 3. The van der Waals surface area contributed by atoms with Crippen molar-refractivity contribution in [2.45, 2.75) is 23.6 Å². The first-order chi connectivity index (χ1) is 11.5. The molecule has 8 nitrogen and oxygen atoms in total. The lowest BCUT2D eigenvalue weighted by Crippen LogP contribution is -2.61. The zero-order valence-corrected chi connectivity index (χ0v) is 13.2. The van der Waals surface area contributed by atoms with Gasteiger partial charge in [-0.2, -0.15) is 0 Å². The zero-order chi connectivity index (χ0) is 17.3. The number of piperazine rings is 1. The summed E-state index contributed by atoms with van der Waals surface area (Å²) < 4.78 is 0. The van der Waals surface area contributed by atoms with Crippen molar-refractivity contribution in [2.24, 2.45) is 4.99 Å². The zero-order valence-electron chi connectivity index (χ0n) is 12.4. The third-order valence-corrected chi connectivity index (χ3v) is 5.00. The molecule has 0 aromatic heterocycles. The van der Waals surface area contributed by atoms with Crippen molar-refractivity contribution in [1.82, 2.24) is 10.6 Å². The number of benzene rings is 1. The predicted octanol–water partition coefficient (Wildman–Crippen LogP) is -0.698. The molecule has 9 heteroatoms. The molecule has 126 valence electrons. The third kappa shape index (κ3) is 3.13. The molecule has 1 saturated heterocycles. The number of aliphatic imine (C=N–C) groups is 1. The number of hydrogen-bond acceptors (Lipinski definition) is 6. The Bertz CT molecular complexity index is 708. The van der Waals surface area contributed by atoms with Gasteiger partial charge in [0.15, 0.2) is 5.71 Å². The minimum atomic E-state index is -1.34. The van der Waals surface area contributed by atoms with Crippen LogP contribution < -0.4 is 10.6 Å². The van der Waals surface area contributed by atoms with Gasteiger partial charge < -0.3 is 20.8 Å². The molecule has 0 saturated carbocycles. The highest BCUT2D eigenvalue weighted by Crippen LogP contribution is 2.26. The average Bonchev–Trinajstić information content (AvgIpc) is 2.57. The van der Waals surface area contributed by atoms with Crippen LogP contribution in [0.25, 0.3) is 0 Å². The van der Waals surface area contributed by atoms with Crippen molar-refractivity contribution in [3.05, 3.63) is 35.9 Å². The Morgan fingerprint density at radius 3 is 2.54 bits per heavy atom. The largest absolute Gasteiger partial charge is 0.477 e. The number of aliphatic hydroxyl groups excluding tert-OH is 1. The molecule has 0 radical (unpaired) electrons. The molecule has 0 bridgehead atoms. The van der Waals surface area contributed by atoms with Gasteiger partial charge in [0.05, 0.1) is 0 Å². The van der Waals surface area contributed by atoms with E-state index in [0.717, 1.165) is 11.8 Å². The standard InChI is InChI=1S/C15H15N3O5S/c19-8-6-24-14(18-10(8)15(22)23)11-13(21)16-9(12(20)17-11)7-4-2-1-3-5-7/h1-5,8-9,11,14,19H,6H2,(H,16,21)(H,17,20)(H,22,23). The highest BCUT2D eigenvalue weighted by molar-refractivity contribution is 8.00. The van der Waals surface area contributed by atoms with Gasteiger partial charge in [0, 0.05) is 5.75 Å². The summed E-state index contributed by atoms with van der Waals surface area (Å²) in [5.41, 5.74) is 0.259. The van der Waals surface area contributed by atoms with Gasteiger partial charge in [0.25, 0.3) is 0 Å². The SMILES string of the molecule is O=C(O)C1=NC(C2NC(=O)C(c3ccccc3)NC2=O)SCC1O. The van der Waals surface area contributed by atoms with Crippen molar-refractivity contribution in [3.8, 4) is 0 Å². The maximum absolute atomic E-state index is 12.4. The van der Waals surface area contributed by atoms with Crippen molar-refractivity contribution < 1.29 is 24.6 Å². The fourth-order valence-corrected chi connectivity index (χ4v) is 3.69. The van der Waals surface area contributed by atoms with E-state index >= 15 is 0 Å². The second-order valence-corrected chi connectivity index (χ2v) is 6.55. The smallest absolute Gasteiger partial charge is 0.352 e. The number of hydrogen-bond donors (Lipinski definition) is 4. The van der Waals surface area contributed by atoms with E-state index in [-0.39, 0.29) is 11.7 Å². The Morgan fingerprint density at radius 1 is 1.17 bits per heavy atom. The number of amides is 2. The van der Waals surface area contributed by atoms with E-state index in [1.165, 1.54) is 0 Å². The lowest BCUT2D eigenvalue weighted by atomic mass is 10.0. The summed E-state index contributed by atoms with van der Waals surface area (Å²) in [6.07, 6.45) is -1.19. The molecule has 0 spiro atoms. The molecule has 2 aliphatic rings. The summed E-state index contributed by atoms with van der Waals surface area (Å²) in [4.78, 5) is 39.7. The molecule has 4 unspecified atom stereocenters. The van der Waals surface area contributed by atoms with Crippen LogP contribution in [0.4, 0.5) is 0 Å². The van der Waals surface area contributed by atoms with Crippen LogP contribution >= 0.6 is 11.8 Å². The van der Waals surface area contributed by atoms with Gasteiger partial charge >= 0.3 is 5.97 Å². The summed E-state index contributed by atoms with van der Waals surface area (Å²) >= 11 is 1.13. The fourth-order valence-electron chi connectivity index (χ4n) is 2.58. The van der Waals surface area contributed by atoms with Crippen molar-refractivity contribution in [2.75, 3.05) is 5.75 Å².